The molecule has 1 aliphatic rings. The number of piperazine rings is 1. The van der Waals surface area contributed by atoms with E-state index < -0.39 is 0 Å². The zero-order chi connectivity index (χ0) is 15.5. The van der Waals surface area contributed by atoms with Gasteiger partial charge < -0.3 is 5.32 Å². The summed E-state index contributed by atoms with van der Waals surface area (Å²) in [5, 5.41) is 3.75. The van der Waals surface area contributed by atoms with Crippen LogP contribution in [0, 0.1) is 5.82 Å². The molecule has 1 aromatic rings. The van der Waals surface area contributed by atoms with Crippen molar-refractivity contribution in [2.75, 3.05) is 13.1 Å². The van der Waals surface area contributed by atoms with Crippen LogP contribution in [-0.2, 0) is 6.54 Å². The van der Waals surface area contributed by atoms with Crippen LogP contribution in [0.4, 0.5) is 4.39 Å². The molecule has 2 nitrogen and oxygen atoms in total. The normalized spacial score (nSPS) is 26.0. The molecule has 118 valence electrons. The Kier molecular flexibility index (Phi) is 5.05. The van der Waals surface area contributed by atoms with Gasteiger partial charge in [0.05, 0.1) is 0 Å². The van der Waals surface area contributed by atoms with Gasteiger partial charge in [-0.2, -0.15) is 0 Å². The molecule has 0 spiro atoms. The van der Waals surface area contributed by atoms with E-state index in [-0.39, 0.29) is 16.9 Å². The number of hydrogen-bond acceptors (Lipinski definition) is 2. The summed E-state index contributed by atoms with van der Waals surface area (Å²) >= 11 is 0. The summed E-state index contributed by atoms with van der Waals surface area (Å²) in [6.45, 7) is 11.9. The van der Waals surface area contributed by atoms with Crippen molar-refractivity contribution >= 4 is 0 Å². The summed E-state index contributed by atoms with van der Waals surface area (Å²) in [6, 6.07) is 7.03. The monoisotopic (exact) mass is 292 g/mol. The average molecular weight is 292 g/mol. The lowest BCUT2D eigenvalue weighted by atomic mass is 9.82. The average Bonchev–Trinajstić information content (AvgIpc) is 2.48. The zero-order valence-electron chi connectivity index (χ0n) is 13.9. The van der Waals surface area contributed by atoms with Crippen molar-refractivity contribution < 1.29 is 4.39 Å². The molecule has 0 amide bonds. The maximum absolute atomic E-state index is 13.5. The van der Waals surface area contributed by atoms with Crippen LogP contribution in [0.1, 0.15) is 52.5 Å². The summed E-state index contributed by atoms with van der Waals surface area (Å²) in [6.07, 6.45) is 3.34. The van der Waals surface area contributed by atoms with Gasteiger partial charge in [0.25, 0.3) is 0 Å². The zero-order valence-corrected chi connectivity index (χ0v) is 13.9. The number of benzene rings is 1. The topological polar surface area (TPSA) is 15.3 Å². The van der Waals surface area contributed by atoms with E-state index in [2.05, 4.69) is 37.9 Å². The fourth-order valence-electron chi connectivity index (χ4n) is 3.40. The van der Waals surface area contributed by atoms with Crippen LogP contribution in [0.15, 0.2) is 24.3 Å². The van der Waals surface area contributed by atoms with E-state index in [1.165, 1.54) is 6.07 Å². The van der Waals surface area contributed by atoms with Gasteiger partial charge in [-0.15, -0.1) is 0 Å². The Morgan fingerprint density at radius 3 is 2.48 bits per heavy atom. The van der Waals surface area contributed by atoms with Crippen molar-refractivity contribution in [3.05, 3.63) is 35.6 Å². The number of nitrogens with zero attached hydrogens (tertiary/aromatic N) is 1. The maximum atomic E-state index is 13.5. The fraction of sp³-hybridized carbons (Fsp3) is 0.667. The first-order valence-electron chi connectivity index (χ1n) is 8.21. The van der Waals surface area contributed by atoms with Crippen molar-refractivity contribution in [3.63, 3.8) is 0 Å². The highest BCUT2D eigenvalue weighted by molar-refractivity contribution is 5.17. The minimum Gasteiger partial charge on any atom is -0.308 e. The second-order valence-electron chi connectivity index (χ2n) is 6.69. The minimum absolute atomic E-state index is 0.139. The smallest absolute Gasteiger partial charge is 0.123 e. The molecular weight excluding hydrogens is 263 g/mol. The van der Waals surface area contributed by atoms with Gasteiger partial charge in [0.2, 0.25) is 0 Å². The van der Waals surface area contributed by atoms with Crippen molar-refractivity contribution in [2.24, 2.45) is 0 Å². The lowest BCUT2D eigenvalue weighted by Crippen LogP contribution is -2.68. The van der Waals surface area contributed by atoms with E-state index >= 15 is 0 Å². The Hall–Kier alpha value is -0.930. The van der Waals surface area contributed by atoms with E-state index in [4.69, 9.17) is 0 Å². The van der Waals surface area contributed by atoms with E-state index in [9.17, 15) is 4.39 Å². The largest absolute Gasteiger partial charge is 0.308 e. The van der Waals surface area contributed by atoms with Crippen LogP contribution >= 0.6 is 0 Å². The third-order valence-corrected chi connectivity index (χ3v) is 5.41. The highest BCUT2D eigenvalue weighted by Crippen LogP contribution is 2.32. The number of halogens is 1. The first-order valence-corrected chi connectivity index (χ1v) is 8.21. The molecule has 0 aromatic heterocycles. The Morgan fingerprint density at radius 2 is 1.90 bits per heavy atom. The van der Waals surface area contributed by atoms with E-state index in [1.807, 2.05) is 12.1 Å². The molecule has 1 fully saturated rings. The molecule has 21 heavy (non-hydrogen) atoms. The van der Waals surface area contributed by atoms with Crippen LogP contribution in [0.25, 0.3) is 0 Å². The summed E-state index contributed by atoms with van der Waals surface area (Å²) in [4.78, 5) is 2.57. The highest BCUT2D eigenvalue weighted by Gasteiger charge is 2.42. The summed E-state index contributed by atoms with van der Waals surface area (Å²) in [7, 11) is 0. The summed E-state index contributed by atoms with van der Waals surface area (Å²) in [5.41, 5.74) is 1.41. The van der Waals surface area contributed by atoms with Crippen molar-refractivity contribution in [1.82, 2.24) is 10.2 Å². The molecule has 3 heteroatoms. The molecule has 2 rings (SSSR count). The first-order chi connectivity index (χ1) is 9.97. The molecule has 1 aromatic carbocycles. The molecule has 1 unspecified atom stereocenters. The van der Waals surface area contributed by atoms with Crippen molar-refractivity contribution in [3.8, 4) is 0 Å². The molecule has 0 saturated carbocycles. The molecule has 1 atom stereocenters. The van der Waals surface area contributed by atoms with Gasteiger partial charge in [0.1, 0.15) is 5.82 Å². The number of nitrogens with one attached hydrogen (secondary N) is 1. The van der Waals surface area contributed by atoms with Gasteiger partial charge in [-0.25, -0.2) is 4.39 Å². The second-order valence-corrected chi connectivity index (χ2v) is 6.69. The van der Waals surface area contributed by atoms with Gasteiger partial charge in [-0.05, 0) is 43.9 Å². The van der Waals surface area contributed by atoms with Crippen molar-refractivity contribution in [1.29, 1.82) is 0 Å². The Balaban J connectivity index is 2.25. The lowest BCUT2D eigenvalue weighted by molar-refractivity contribution is -0.00412. The van der Waals surface area contributed by atoms with Gasteiger partial charge in [0, 0.05) is 30.7 Å². The van der Waals surface area contributed by atoms with E-state index in [1.54, 1.807) is 6.07 Å². The van der Waals surface area contributed by atoms with E-state index in [0.29, 0.717) is 0 Å². The molecule has 1 N–H and O–H groups in total. The Morgan fingerprint density at radius 1 is 1.19 bits per heavy atom. The summed E-state index contributed by atoms with van der Waals surface area (Å²) < 4.78 is 13.5. The third kappa shape index (κ3) is 3.46. The predicted molar refractivity (Wildman–Crippen MR) is 86.8 cm³/mol. The van der Waals surface area contributed by atoms with Gasteiger partial charge in [-0.1, -0.05) is 32.9 Å². The number of rotatable bonds is 5. The van der Waals surface area contributed by atoms with Crippen molar-refractivity contribution in [2.45, 2.75) is 64.6 Å². The molecule has 0 aliphatic carbocycles. The van der Waals surface area contributed by atoms with Gasteiger partial charge >= 0.3 is 0 Å². The summed E-state index contributed by atoms with van der Waals surface area (Å²) in [5.74, 6) is -0.139. The van der Waals surface area contributed by atoms with E-state index in [0.717, 1.165) is 44.5 Å². The first kappa shape index (κ1) is 16.4. The Labute approximate surface area is 128 Å². The fourth-order valence-corrected chi connectivity index (χ4v) is 3.40. The molecular formula is C18H29FN2. The minimum atomic E-state index is -0.139. The molecule has 1 aliphatic heterocycles. The predicted octanol–water partition coefficient (Wildman–Crippen LogP) is 3.96. The van der Waals surface area contributed by atoms with Crippen LogP contribution < -0.4 is 5.32 Å². The standard InChI is InChI=1S/C18H29FN2/c1-5-17(4)14-21(18(6-2,7-3)13-20-17)12-15-9-8-10-16(19)11-15/h8-11,20H,5-7,12-14H2,1-4H3. The highest BCUT2D eigenvalue weighted by atomic mass is 19.1. The van der Waals surface area contributed by atoms with Crippen LogP contribution in [-0.4, -0.2) is 29.1 Å². The molecule has 0 radical (unpaired) electrons. The third-order valence-electron chi connectivity index (χ3n) is 5.41. The van der Waals surface area contributed by atoms with Crippen LogP contribution in [0.2, 0.25) is 0 Å². The molecule has 0 bridgehead atoms. The number of hydrogen-bond donors (Lipinski definition) is 1. The van der Waals surface area contributed by atoms with Crippen LogP contribution in [0.3, 0.4) is 0 Å². The lowest BCUT2D eigenvalue weighted by Gasteiger charge is -2.53. The van der Waals surface area contributed by atoms with Crippen LogP contribution in [0.5, 0.6) is 0 Å². The Bertz CT molecular complexity index is 470. The SMILES string of the molecule is CCC1(C)CN(Cc2cccc(F)c2)C(CC)(CC)CN1. The molecule has 1 heterocycles. The quantitative estimate of drug-likeness (QED) is 0.883. The van der Waals surface area contributed by atoms with Gasteiger partial charge in [0.15, 0.2) is 0 Å². The second kappa shape index (κ2) is 6.45. The maximum Gasteiger partial charge on any atom is 0.123 e. The van der Waals surface area contributed by atoms with Gasteiger partial charge in [-0.3, -0.25) is 4.90 Å². The molecule has 1 saturated heterocycles.